The van der Waals surface area contributed by atoms with Gasteiger partial charge in [-0.3, -0.25) is 9.59 Å². The molecule has 1 saturated heterocycles. The Kier molecular flexibility index (Phi) is 8.09. The fourth-order valence-corrected chi connectivity index (χ4v) is 6.01. The third-order valence-electron chi connectivity index (χ3n) is 7.15. The summed E-state index contributed by atoms with van der Waals surface area (Å²) in [7, 11) is 0. The van der Waals surface area contributed by atoms with Crippen molar-refractivity contribution in [1.82, 2.24) is 20.4 Å². The summed E-state index contributed by atoms with van der Waals surface area (Å²) in [5, 5.41) is 17.7. The van der Waals surface area contributed by atoms with Gasteiger partial charge in [0.05, 0.1) is 33.9 Å². The Morgan fingerprint density at radius 1 is 1.18 bits per heavy atom. The number of carbonyl (C=O) groups excluding carboxylic acids is 2. The average Bonchev–Trinajstić information content (AvgIpc) is 3.56. The number of nitrogens with one attached hydrogen (secondary N) is 1. The molecule has 8 nitrogen and oxygen atoms in total. The summed E-state index contributed by atoms with van der Waals surface area (Å²) in [6.07, 6.45) is -0.577. The molecule has 0 spiro atoms. The van der Waals surface area contributed by atoms with E-state index < -0.39 is 18.1 Å². The molecule has 2 aromatic heterocycles. The third-order valence-corrected chi connectivity index (χ3v) is 8.13. The number of carbonyl (C=O) groups is 2. The second-order valence-corrected chi connectivity index (χ2v) is 12.5. The molecule has 1 aliphatic heterocycles. The molecule has 0 unspecified atom stereocenters. The van der Waals surface area contributed by atoms with Gasteiger partial charge >= 0.3 is 0 Å². The van der Waals surface area contributed by atoms with Crippen LogP contribution in [0, 0.1) is 25.2 Å². The van der Waals surface area contributed by atoms with Crippen molar-refractivity contribution in [1.29, 1.82) is 0 Å². The molecule has 0 radical (unpaired) electrons. The SMILES string of the molecule is Cc1cc([C@H](C(=O)N2C[C@H](O)C[C@H]2C(=O)N[C@H](c2ccc(-c3scnc3C)cc2)C(C)(C)C)C(C)C)on1. The zero-order valence-electron chi connectivity index (χ0n) is 23.2. The quantitative estimate of drug-likeness (QED) is 0.437. The number of rotatable bonds is 7. The van der Waals surface area contributed by atoms with Crippen LogP contribution in [0.5, 0.6) is 0 Å². The lowest BCUT2D eigenvalue weighted by Crippen LogP contribution is -2.50. The highest BCUT2D eigenvalue weighted by Gasteiger charge is 2.44. The number of likely N-dealkylation sites (tertiary alicyclic amines) is 1. The lowest BCUT2D eigenvalue weighted by atomic mass is 9.82. The van der Waals surface area contributed by atoms with Crippen molar-refractivity contribution in [3.63, 3.8) is 0 Å². The van der Waals surface area contributed by atoms with Crippen LogP contribution in [0.1, 0.15) is 75.7 Å². The Balaban J connectivity index is 1.57. The molecule has 0 aliphatic carbocycles. The highest BCUT2D eigenvalue weighted by molar-refractivity contribution is 7.13. The van der Waals surface area contributed by atoms with E-state index in [0.29, 0.717) is 11.5 Å². The number of hydrogen-bond donors (Lipinski definition) is 2. The summed E-state index contributed by atoms with van der Waals surface area (Å²) >= 11 is 1.60. The van der Waals surface area contributed by atoms with E-state index in [0.717, 1.165) is 21.7 Å². The molecule has 3 heterocycles. The maximum absolute atomic E-state index is 13.7. The average molecular weight is 539 g/mol. The minimum atomic E-state index is -0.772. The minimum Gasteiger partial charge on any atom is -0.391 e. The van der Waals surface area contributed by atoms with Crippen LogP contribution in [0.15, 0.2) is 40.4 Å². The lowest BCUT2D eigenvalue weighted by molar-refractivity contribution is -0.141. The Morgan fingerprint density at radius 3 is 2.39 bits per heavy atom. The van der Waals surface area contributed by atoms with Gasteiger partial charge in [-0.1, -0.05) is 64.0 Å². The number of nitrogens with zero attached hydrogens (tertiary/aromatic N) is 3. The molecule has 4 atom stereocenters. The molecule has 4 rings (SSSR count). The number of aliphatic hydroxyl groups is 1. The normalized spacial score (nSPS) is 19.6. The van der Waals surface area contributed by atoms with E-state index in [1.54, 1.807) is 17.4 Å². The fraction of sp³-hybridized carbons (Fsp3) is 0.517. The topological polar surface area (TPSA) is 109 Å². The highest BCUT2D eigenvalue weighted by Crippen LogP contribution is 2.36. The summed E-state index contributed by atoms with van der Waals surface area (Å²) in [4.78, 5) is 34.4. The lowest BCUT2D eigenvalue weighted by Gasteiger charge is -2.35. The molecule has 1 aromatic carbocycles. The predicted octanol–water partition coefficient (Wildman–Crippen LogP) is 5.02. The smallest absolute Gasteiger partial charge is 0.243 e. The van der Waals surface area contributed by atoms with Crippen LogP contribution in [0.4, 0.5) is 0 Å². The first-order valence-electron chi connectivity index (χ1n) is 13.1. The van der Waals surface area contributed by atoms with Crippen molar-refractivity contribution >= 4 is 23.2 Å². The van der Waals surface area contributed by atoms with Crippen molar-refractivity contribution in [2.24, 2.45) is 11.3 Å². The summed E-state index contributed by atoms with van der Waals surface area (Å²) in [6.45, 7) is 14.0. The molecule has 2 N–H and O–H groups in total. The number of β-amino-alcohol motifs (C(OH)–C–C–N with tert-alkyl or cyclic N) is 1. The maximum Gasteiger partial charge on any atom is 0.243 e. The Bertz CT molecular complexity index is 1270. The number of hydrogen-bond acceptors (Lipinski definition) is 7. The molecular weight excluding hydrogens is 500 g/mol. The highest BCUT2D eigenvalue weighted by atomic mass is 32.1. The van der Waals surface area contributed by atoms with Crippen molar-refractivity contribution in [2.45, 2.75) is 79.0 Å². The van der Waals surface area contributed by atoms with E-state index >= 15 is 0 Å². The zero-order valence-corrected chi connectivity index (χ0v) is 24.0. The summed E-state index contributed by atoms with van der Waals surface area (Å²) in [6, 6.07) is 8.89. The third kappa shape index (κ3) is 5.83. The van der Waals surface area contributed by atoms with Gasteiger partial charge in [-0.2, -0.15) is 0 Å². The van der Waals surface area contributed by atoms with Crippen LogP contribution in [0.25, 0.3) is 10.4 Å². The molecular formula is C29H38N4O4S. The van der Waals surface area contributed by atoms with Crippen LogP contribution >= 0.6 is 11.3 Å². The molecule has 9 heteroatoms. The largest absolute Gasteiger partial charge is 0.391 e. The van der Waals surface area contributed by atoms with Crippen LogP contribution in [-0.2, 0) is 9.59 Å². The van der Waals surface area contributed by atoms with E-state index in [4.69, 9.17) is 4.52 Å². The number of thiazole rings is 1. The first-order valence-corrected chi connectivity index (χ1v) is 14.0. The Hall–Kier alpha value is -3.04. The van der Waals surface area contributed by atoms with E-state index in [-0.39, 0.29) is 42.2 Å². The predicted molar refractivity (Wildman–Crippen MR) is 148 cm³/mol. The monoisotopic (exact) mass is 538 g/mol. The first-order chi connectivity index (χ1) is 17.9. The molecule has 3 aromatic rings. The maximum atomic E-state index is 13.7. The van der Waals surface area contributed by atoms with Gasteiger partial charge in [-0.25, -0.2) is 4.98 Å². The number of amides is 2. The Morgan fingerprint density at radius 2 is 1.87 bits per heavy atom. The van der Waals surface area contributed by atoms with Gasteiger partial charge in [0, 0.05) is 19.0 Å². The molecule has 2 amide bonds. The van der Waals surface area contributed by atoms with Gasteiger partial charge in [0.1, 0.15) is 17.7 Å². The van der Waals surface area contributed by atoms with Crippen molar-refractivity contribution < 1.29 is 19.2 Å². The second-order valence-electron chi connectivity index (χ2n) is 11.7. The summed E-state index contributed by atoms with van der Waals surface area (Å²) in [5.41, 5.74) is 5.30. The number of aliphatic hydroxyl groups excluding tert-OH is 1. The van der Waals surface area contributed by atoms with Gasteiger partial charge < -0.3 is 19.8 Å². The van der Waals surface area contributed by atoms with Crippen LogP contribution < -0.4 is 5.32 Å². The van der Waals surface area contributed by atoms with E-state index in [9.17, 15) is 14.7 Å². The van der Waals surface area contributed by atoms with Gasteiger partial charge in [0.15, 0.2) is 0 Å². The molecule has 0 saturated carbocycles. The number of aromatic nitrogens is 2. The molecule has 204 valence electrons. The van der Waals surface area contributed by atoms with Gasteiger partial charge in [0.2, 0.25) is 11.8 Å². The van der Waals surface area contributed by atoms with Crippen LogP contribution in [0.3, 0.4) is 0 Å². The summed E-state index contributed by atoms with van der Waals surface area (Å²) < 4.78 is 5.44. The number of aryl methyl sites for hydroxylation is 2. The van der Waals surface area contributed by atoms with Gasteiger partial charge in [-0.05, 0) is 36.3 Å². The van der Waals surface area contributed by atoms with Crippen LogP contribution in [-0.4, -0.2) is 50.7 Å². The Labute approximate surface area is 228 Å². The number of benzene rings is 1. The van der Waals surface area contributed by atoms with Crippen molar-refractivity contribution in [2.75, 3.05) is 6.54 Å². The van der Waals surface area contributed by atoms with E-state index in [2.05, 4.69) is 48.4 Å². The van der Waals surface area contributed by atoms with Crippen LogP contribution in [0.2, 0.25) is 0 Å². The van der Waals surface area contributed by atoms with Crippen molar-refractivity contribution in [3.05, 3.63) is 58.6 Å². The molecule has 0 bridgehead atoms. The van der Waals surface area contributed by atoms with Crippen molar-refractivity contribution in [3.8, 4) is 10.4 Å². The fourth-order valence-electron chi connectivity index (χ4n) is 5.19. The zero-order chi connectivity index (χ0) is 27.8. The van der Waals surface area contributed by atoms with E-state index in [1.165, 1.54) is 4.90 Å². The second kappa shape index (κ2) is 11.0. The standard InChI is InChI=1S/C29H38N4O4S/c1-16(2)24(23-12-17(3)32-37-23)28(36)33-14-21(34)13-22(33)27(35)31-26(29(5,6)7)20-10-8-19(9-11-20)25-18(4)30-15-38-25/h8-12,15-16,21-22,24,26,34H,13-14H2,1-7H3,(H,31,35)/t21-,22+,24-,26-/m1/s1. The van der Waals surface area contributed by atoms with E-state index in [1.807, 2.05) is 45.3 Å². The minimum absolute atomic E-state index is 0.0701. The first kappa shape index (κ1) is 28.0. The molecule has 38 heavy (non-hydrogen) atoms. The molecule has 1 aliphatic rings. The van der Waals surface area contributed by atoms with Gasteiger partial charge in [-0.15, -0.1) is 11.3 Å². The van der Waals surface area contributed by atoms with Gasteiger partial charge in [0.25, 0.3) is 0 Å². The molecule has 1 fully saturated rings. The summed E-state index contributed by atoms with van der Waals surface area (Å²) in [5.74, 6) is -0.679.